The molecule has 3 aromatic heterocycles. The normalized spacial score (nSPS) is 11.6. The third-order valence-electron chi connectivity index (χ3n) is 10.7. The molecule has 0 amide bonds. The molecule has 0 atom stereocenters. The van der Waals surface area contributed by atoms with Crippen LogP contribution >= 0.6 is 0 Å². The van der Waals surface area contributed by atoms with Gasteiger partial charge in [0.05, 0.1) is 6.54 Å². The zero-order valence-electron chi connectivity index (χ0n) is 32.5. The second-order valence-electron chi connectivity index (χ2n) is 14.5. The van der Waals surface area contributed by atoms with Gasteiger partial charge in [-0.2, -0.15) is 0 Å². The van der Waals surface area contributed by atoms with Crippen LogP contribution in [0, 0.1) is 19.7 Å². The Morgan fingerprint density at radius 2 is 1.24 bits per heavy atom. The summed E-state index contributed by atoms with van der Waals surface area (Å²) in [6, 6.07) is 54.1. The predicted molar refractivity (Wildman–Crippen MR) is 228 cm³/mol. The number of anilines is 2. The fourth-order valence-corrected chi connectivity index (χ4v) is 7.96. The van der Waals surface area contributed by atoms with Crippen LogP contribution in [0.5, 0.6) is 0 Å². The maximum absolute atomic E-state index is 13.8. The molecule has 9 rings (SSSR count). The summed E-state index contributed by atoms with van der Waals surface area (Å²) >= 11 is 0. The molecule has 6 aromatic carbocycles. The van der Waals surface area contributed by atoms with Crippen LogP contribution in [0.25, 0.3) is 33.7 Å². The molecule has 284 valence electrons. The van der Waals surface area contributed by atoms with Gasteiger partial charge in [0.15, 0.2) is 11.2 Å². The highest BCUT2D eigenvalue weighted by Gasteiger charge is 2.41. The topological polar surface area (TPSA) is 86.3 Å². The first-order valence-electron chi connectivity index (χ1n) is 19.5. The summed E-state index contributed by atoms with van der Waals surface area (Å²) < 4.78 is 16.0. The van der Waals surface area contributed by atoms with Crippen molar-refractivity contribution in [2.24, 2.45) is 0 Å². The van der Waals surface area contributed by atoms with Gasteiger partial charge in [0.25, 0.3) is 0 Å². The van der Waals surface area contributed by atoms with Gasteiger partial charge in [0.1, 0.15) is 17.2 Å². The average molecular weight is 761 g/mol. The number of hydrogen-bond donors (Lipinski definition) is 1. The lowest BCUT2D eigenvalue weighted by Gasteiger charge is -2.34. The summed E-state index contributed by atoms with van der Waals surface area (Å²) in [7, 11) is 0. The van der Waals surface area contributed by atoms with Crippen molar-refractivity contribution < 1.29 is 4.39 Å². The summed E-state index contributed by atoms with van der Waals surface area (Å²) in [5.41, 5.74) is 11.5. The van der Waals surface area contributed by atoms with Gasteiger partial charge in [-0.3, -0.25) is 0 Å². The van der Waals surface area contributed by atoms with Gasteiger partial charge in [0.2, 0.25) is 5.82 Å². The number of hydrogen-bond acceptors (Lipinski definition) is 6. The Labute approximate surface area is 336 Å². The number of tetrazole rings is 1. The van der Waals surface area contributed by atoms with Crippen molar-refractivity contribution in [1.82, 2.24) is 34.7 Å². The molecule has 1 N–H and O–H groups in total. The Morgan fingerprint density at radius 3 is 1.84 bits per heavy atom. The first-order chi connectivity index (χ1) is 28.4. The van der Waals surface area contributed by atoms with Crippen LogP contribution < -0.4 is 5.32 Å². The second-order valence-corrected chi connectivity index (χ2v) is 14.5. The number of imidazole rings is 1. The maximum Gasteiger partial charge on any atom is 0.205 e. The van der Waals surface area contributed by atoms with E-state index in [1.165, 1.54) is 12.1 Å². The number of nitrogens with zero attached hydrogens (tertiary/aromatic N) is 7. The number of fused-ring (bicyclic) bond motifs is 1. The first-order valence-corrected chi connectivity index (χ1v) is 19.5. The fourth-order valence-electron chi connectivity index (χ4n) is 7.96. The van der Waals surface area contributed by atoms with E-state index in [2.05, 4.69) is 96.5 Å². The number of rotatable bonds is 11. The standard InChI is InChI=1S/C49H41FN8/c1-4-45-53-46-33(2)30-34(3)51-48(46)57(45)32-35-20-22-36(23-21-35)44-31-42(52-41-26-24-40(50)25-27-41)28-29-43(44)47-54-56-58(55-47)49(37-14-8-5-9-15-37,38-16-10-6-11-17-38)39-18-12-7-13-19-39/h5-31,52H,4,32H2,1-3H3. The van der Waals surface area contributed by atoms with Gasteiger partial charge in [-0.05, 0) is 107 Å². The van der Waals surface area contributed by atoms with Crippen LogP contribution in [0.4, 0.5) is 15.8 Å². The number of halogens is 1. The molecule has 0 radical (unpaired) electrons. The molecule has 9 aromatic rings. The van der Waals surface area contributed by atoms with Gasteiger partial charge in [0, 0.05) is 29.1 Å². The smallest absolute Gasteiger partial charge is 0.205 e. The van der Waals surface area contributed by atoms with Crippen LogP contribution in [0.1, 0.15) is 46.3 Å². The van der Waals surface area contributed by atoms with E-state index in [-0.39, 0.29) is 5.82 Å². The summed E-state index contributed by atoms with van der Waals surface area (Å²) in [5, 5.41) is 18.3. The molecule has 0 aliphatic rings. The Bertz CT molecular complexity index is 2740. The van der Waals surface area contributed by atoms with E-state index in [0.717, 1.165) is 85.0 Å². The molecule has 0 fully saturated rings. The minimum absolute atomic E-state index is 0.288. The lowest BCUT2D eigenvalue weighted by atomic mass is 9.77. The van der Waals surface area contributed by atoms with Gasteiger partial charge in [-0.25, -0.2) is 14.4 Å². The maximum atomic E-state index is 13.8. The van der Waals surface area contributed by atoms with E-state index in [9.17, 15) is 4.39 Å². The molecule has 0 saturated heterocycles. The van der Waals surface area contributed by atoms with Crippen LogP contribution in [-0.4, -0.2) is 34.7 Å². The number of pyridine rings is 1. The molecule has 0 aliphatic heterocycles. The minimum atomic E-state index is -0.915. The zero-order valence-corrected chi connectivity index (χ0v) is 32.5. The molecule has 3 heterocycles. The monoisotopic (exact) mass is 760 g/mol. The van der Waals surface area contributed by atoms with Crippen molar-refractivity contribution in [3.8, 4) is 22.5 Å². The summed E-state index contributed by atoms with van der Waals surface area (Å²) in [6.07, 6.45) is 0.803. The van der Waals surface area contributed by atoms with Crippen LogP contribution in [0.2, 0.25) is 0 Å². The molecular formula is C49H41FN8. The molecule has 0 unspecified atom stereocenters. The average Bonchev–Trinajstić information content (AvgIpc) is 3.89. The lowest BCUT2D eigenvalue weighted by Crippen LogP contribution is -2.39. The lowest BCUT2D eigenvalue weighted by molar-refractivity contribution is 0.396. The highest BCUT2D eigenvalue weighted by Crippen LogP contribution is 2.41. The van der Waals surface area contributed by atoms with E-state index in [1.807, 2.05) is 73.7 Å². The SMILES string of the molecule is CCc1nc2c(C)cc(C)nc2n1Cc1ccc(-c2cc(Nc3ccc(F)cc3)ccc2-c2nnn(C(c3ccccc3)(c3ccccc3)c3ccccc3)n2)cc1. The Morgan fingerprint density at radius 1 is 0.638 bits per heavy atom. The number of aromatic nitrogens is 7. The van der Waals surface area contributed by atoms with Crippen LogP contribution in [0.15, 0.2) is 164 Å². The largest absolute Gasteiger partial charge is 0.356 e. The molecule has 58 heavy (non-hydrogen) atoms. The zero-order chi connectivity index (χ0) is 39.6. The summed E-state index contributed by atoms with van der Waals surface area (Å²) in [6.45, 7) is 6.90. The number of aryl methyl sites for hydroxylation is 3. The van der Waals surface area contributed by atoms with Gasteiger partial charge in [-0.15, -0.1) is 15.0 Å². The quantitative estimate of drug-likeness (QED) is 0.132. The minimum Gasteiger partial charge on any atom is -0.356 e. The number of benzene rings is 6. The number of nitrogens with one attached hydrogen (secondary N) is 1. The van der Waals surface area contributed by atoms with E-state index >= 15 is 0 Å². The summed E-state index contributed by atoms with van der Waals surface area (Å²) in [5.74, 6) is 1.20. The first kappa shape index (κ1) is 36.4. The Kier molecular flexibility index (Phi) is 9.63. The third kappa shape index (κ3) is 6.70. The van der Waals surface area contributed by atoms with E-state index in [1.54, 1.807) is 16.9 Å². The van der Waals surface area contributed by atoms with E-state index in [0.29, 0.717) is 12.4 Å². The fraction of sp³-hybridized carbons (Fsp3) is 0.122. The molecule has 0 aliphatic carbocycles. The van der Waals surface area contributed by atoms with Gasteiger partial charge < -0.3 is 9.88 Å². The predicted octanol–water partition coefficient (Wildman–Crippen LogP) is 10.7. The third-order valence-corrected chi connectivity index (χ3v) is 10.7. The van der Waals surface area contributed by atoms with Gasteiger partial charge in [-0.1, -0.05) is 122 Å². The molecule has 0 bridgehead atoms. The highest BCUT2D eigenvalue weighted by molar-refractivity contribution is 5.84. The Hall–Kier alpha value is -7.26. The van der Waals surface area contributed by atoms with Crippen molar-refractivity contribution in [2.75, 3.05) is 5.32 Å². The van der Waals surface area contributed by atoms with Gasteiger partial charge >= 0.3 is 0 Å². The van der Waals surface area contributed by atoms with Crippen molar-refractivity contribution in [3.05, 3.63) is 209 Å². The molecular weight excluding hydrogens is 720 g/mol. The van der Waals surface area contributed by atoms with Crippen molar-refractivity contribution in [3.63, 3.8) is 0 Å². The van der Waals surface area contributed by atoms with E-state index < -0.39 is 5.54 Å². The molecule has 8 nitrogen and oxygen atoms in total. The van der Waals surface area contributed by atoms with E-state index in [4.69, 9.17) is 25.4 Å². The highest BCUT2D eigenvalue weighted by atomic mass is 19.1. The van der Waals surface area contributed by atoms with Crippen molar-refractivity contribution in [1.29, 1.82) is 0 Å². The van der Waals surface area contributed by atoms with Crippen molar-refractivity contribution in [2.45, 2.75) is 39.3 Å². The molecule has 0 saturated carbocycles. The molecule has 0 spiro atoms. The Balaban J connectivity index is 1.16. The van der Waals surface area contributed by atoms with Crippen LogP contribution in [0.3, 0.4) is 0 Å². The summed E-state index contributed by atoms with van der Waals surface area (Å²) in [4.78, 5) is 11.6. The molecule has 9 heteroatoms. The van der Waals surface area contributed by atoms with Crippen LogP contribution in [-0.2, 0) is 18.5 Å². The second kappa shape index (κ2) is 15.3. The van der Waals surface area contributed by atoms with Crippen molar-refractivity contribution >= 4 is 22.5 Å².